The molecule has 31 heavy (non-hydrogen) atoms. The average molecular weight is 433 g/mol. The largest absolute Gasteiger partial charge is 0.484 e. The summed E-state index contributed by atoms with van der Waals surface area (Å²) in [5, 5.41) is 16.8. The standard InChI is InChI=1S/C23H17ClN4O3/c1-15-6-5-9-19(24)21(15)30-14-18-10-11-20(31-18)23(29)27-22-16(12-25)13-26-28(22)17-7-3-2-4-8-17/h2-11,13H,14H2,1H3,(H,27,29). The molecule has 2 heterocycles. The van der Waals surface area contributed by atoms with Gasteiger partial charge in [-0.2, -0.15) is 10.4 Å². The molecule has 7 nitrogen and oxygen atoms in total. The number of nitriles is 1. The number of hydrogen-bond acceptors (Lipinski definition) is 5. The van der Waals surface area contributed by atoms with E-state index in [4.69, 9.17) is 20.8 Å². The van der Waals surface area contributed by atoms with Gasteiger partial charge in [-0.15, -0.1) is 0 Å². The fourth-order valence-electron chi connectivity index (χ4n) is 3.00. The van der Waals surface area contributed by atoms with E-state index < -0.39 is 5.91 Å². The van der Waals surface area contributed by atoms with E-state index >= 15 is 0 Å². The second-order valence-corrected chi connectivity index (χ2v) is 7.07. The first-order valence-electron chi connectivity index (χ1n) is 9.38. The van der Waals surface area contributed by atoms with Gasteiger partial charge in [0.2, 0.25) is 0 Å². The molecule has 0 atom stereocenters. The molecule has 0 aliphatic heterocycles. The molecule has 0 unspecified atom stereocenters. The number of amides is 1. The molecular formula is C23H17ClN4O3. The van der Waals surface area contributed by atoms with Crippen molar-refractivity contribution in [3.63, 3.8) is 0 Å². The highest BCUT2D eigenvalue weighted by Gasteiger charge is 2.19. The second-order valence-electron chi connectivity index (χ2n) is 6.66. The van der Waals surface area contributed by atoms with Crippen LogP contribution in [0.2, 0.25) is 5.02 Å². The number of anilines is 1. The van der Waals surface area contributed by atoms with Gasteiger partial charge in [-0.25, -0.2) is 4.68 Å². The molecule has 0 aliphatic carbocycles. The molecule has 1 N–H and O–H groups in total. The van der Waals surface area contributed by atoms with Gasteiger partial charge < -0.3 is 14.5 Å². The monoisotopic (exact) mass is 432 g/mol. The summed E-state index contributed by atoms with van der Waals surface area (Å²) in [6.07, 6.45) is 1.40. The molecular weight excluding hydrogens is 416 g/mol. The maximum absolute atomic E-state index is 12.7. The predicted octanol–water partition coefficient (Wildman–Crippen LogP) is 5.13. The Kier molecular flexibility index (Phi) is 5.74. The highest BCUT2D eigenvalue weighted by Crippen LogP contribution is 2.29. The summed E-state index contributed by atoms with van der Waals surface area (Å²) in [5.41, 5.74) is 1.85. The summed E-state index contributed by atoms with van der Waals surface area (Å²) in [6.45, 7) is 2.01. The van der Waals surface area contributed by atoms with Crippen molar-refractivity contribution in [1.29, 1.82) is 5.26 Å². The molecule has 1 amide bonds. The maximum atomic E-state index is 12.7. The first kappa shape index (κ1) is 20.3. The third-order valence-electron chi connectivity index (χ3n) is 4.53. The highest BCUT2D eigenvalue weighted by molar-refractivity contribution is 6.32. The minimum absolute atomic E-state index is 0.0826. The Bertz CT molecular complexity index is 1250. The number of benzene rings is 2. The summed E-state index contributed by atoms with van der Waals surface area (Å²) >= 11 is 6.17. The van der Waals surface area contributed by atoms with Crippen LogP contribution in [-0.2, 0) is 6.61 Å². The number of hydrogen-bond donors (Lipinski definition) is 1. The Hall–Kier alpha value is -4.02. The first-order valence-corrected chi connectivity index (χ1v) is 9.76. The molecule has 4 rings (SSSR count). The van der Waals surface area contributed by atoms with Crippen LogP contribution in [0.5, 0.6) is 5.75 Å². The summed E-state index contributed by atoms with van der Waals surface area (Å²) < 4.78 is 12.9. The molecule has 0 fully saturated rings. The normalized spacial score (nSPS) is 10.5. The third kappa shape index (κ3) is 4.29. The molecule has 2 aromatic carbocycles. The number of carbonyl (C=O) groups is 1. The Balaban J connectivity index is 1.50. The van der Waals surface area contributed by atoms with Crippen LogP contribution in [0.3, 0.4) is 0 Å². The van der Waals surface area contributed by atoms with Crippen molar-refractivity contribution in [3.05, 3.63) is 94.5 Å². The van der Waals surface area contributed by atoms with Crippen LogP contribution in [0.1, 0.15) is 27.4 Å². The Labute approximate surface area is 183 Å². The first-order chi connectivity index (χ1) is 15.1. The van der Waals surface area contributed by atoms with Crippen LogP contribution < -0.4 is 10.1 Å². The maximum Gasteiger partial charge on any atom is 0.292 e. The number of aromatic nitrogens is 2. The number of carbonyl (C=O) groups excluding carboxylic acids is 1. The smallest absolute Gasteiger partial charge is 0.292 e. The van der Waals surface area contributed by atoms with Crippen molar-refractivity contribution in [2.45, 2.75) is 13.5 Å². The Morgan fingerprint density at radius 3 is 2.74 bits per heavy atom. The number of nitrogens with zero attached hydrogens (tertiary/aromatic N) is 3. The quantitative estimate of drug-likeness (QED) is 0.456. The lowest BCUT2D eigenvalue weighted by molar-refractivity contribution is 0.0992. The van der Waals surface area contributed by atoms with Crippen molar-refractivity contribution in [2.24, 2.45) is 0 Å². The van der Waals surface area contributed by atoms with Crippen molar-refractivity contribution < 1.29 is 13.9 Å². The van der Waals surface area contributed by atoms with Crippen LogP contribution in [0, 0.1) is 18.3 Å². The number of halogens is 1. The summed E-state index contributed by atoms with van der Waals surface area (Å²) in [4.78, 5) is 12.7. The fourth-order valence-corrected chi connectivity index (χ4v) is 3.28. The molecule has 8 heteroatoms. The van der Waals surface area contributed by atoms with Gasteiger partial charge in [0.05, 0.1) is 16.9 Å². The van der Waals surface area contributed by atoms with E-state index in [1.54, 1.807) is 18.2 Å². The number of ether oxygens (including phenoxy) is 1. The van der Waals surface area contributed by atoms with Crippen LogP contribution >= 0.6 is 11.6 Å². The molecule has 0 bridgehead atoms. The zero-order valence-corrected chi connectivity index (χ0v) is 17.3. The van der Waals surface area contributed by atoms with Crippen molar-refractivity contribution >= 4 is 23.3 Å². The number of aryl methyl sites for hydroxylation is 1. The zero-order valence-electron chi connectivity index (χ0n) is 16.5. The Morgan fingerprint density at radius 1 is 1.19 bits per heavy atom. The van der Waals surface area contributed by atoms with Crippen molar-refractivity contribution in [1.82, 2.24) is 9.78 Å². The minimum atomic E-state index is -0.505. The van der Waals surface area contributed by atoms with E-state index in [1.165, 1.54) is 10.9 Å². The molecule has 154 valence electrons. The van der Waals surface area contributed by atoms with Gasteiger partial charge in [0.1, 0.15) is 29.7 Å². The van der Waals surface area contributed by atoms with Gasteiger partial charge in [-0.3, -0.25) is 4.79 Å². The number of nitrogens with one attached hydrogen (secondary N) is 1. The predicted molar refractivity (Wildman–Crippen MR) is 115 cm³/mol. The van der Waals surface area contributed by atoms with E-state index in [-0.39, 0.29) is 23.7 Å². The van der Waals surface area contributed by atoms with E-state index in [2.05, 4.69) is 10.4 Å². The van der Waals surface area contributed by atoms with Gasteiger partial charge in [0, 0.05) is 0 Å². The van der Waals surface area contributed by atoms with Gasteiger partial charge in [-0.1, -0.05) is 41.9 Å². The van der Waals surface area contributed by atoms with Crippen molar-refractivity contribution in [2.75, 3.05) is 5.32 Å². The van der Waals surface area contributed by atoms with Crippen LogP contribution in [0.4, 0.5) is 5.82 Å². The van der Waals surface area contributed by atoms with Crippen LogP contribution in [-0.4, -0.2) is 15.7 Å². The van der Waals surface area contributed by atoms with Gasteiger partial charge in [-0.05, 0) is 42.8 Å². The SMILES string of the molecule is Cc1cccc(Cl)c1OCc1ccc(C(=O)Nc2c(C#N)cnn2-c2ccccc2)o1. The molecule has 0 saturated heterocycles. The summed E-state index contributed by atoms with van der Waals surface area (Å²) in [5.74, 6) is 0.867. The lowest BCUT2D eigenvalue weighted by Gasteiger charge is -2.09. The highest BCUT2D eigenvalue weighted by atomic mass is 35.5. The molecule has 0 saturated carbocycles. The van der Waals surface area contributed by atoms with Gasteiger partial charge in [0.15, 0.2) is 11.6 Å². The number of rotatable bonds is 6. The minimum Gasteiger partial charge on any atom is -0.484 e. The average Bonchev–Trinajstić information content (AvgIpc) is 3.41. The van der Waals surface area contributed by atoms with Crippen molar-refractivity contribution in [3.8, 4) is 17.5 Å². The molecule has 0 radical (unpaired) electrons. The summed E-state index contributed by atoms with van der Waals surface area (Å²) in [7, 11) is 0. The number of furan rings is 1. The van der Waals surface area contributed by atoms with E-state index in [9.17, 15) is 10.1 Å². The lowest BCUT2D eigenvalue weighted by Crippen LogP contribution is -2.15. The molecule has 0 aliphatic rings. The fraction of sp³-hybridized carbons (Fsp3) is 0.0870. The third-order valence-corrected chi connectivity index (χ3v) is 4.83. The second kappa shape index (κ2) is 8.78. The van der Waals surface area contributed by atoms with Crippen LogP contribution in [0.15, 0.2) is 71.3 Å². The van der Waals surface area contributed by atoms with Gasteiger partial charge >= 0.3 is 0 Å². The van der Waals surface area contributed by atoms with Gasteiger partial charge in [0.25, 0.3) is 5.91 Å². The molecule has 4 aromatic rings. The van der Waals surface area contributed by atoms with Crippen LogP contribution in [0.25, 0.3) is 5.69 Å². The lowest BCUT2D eigenvalue weighted by atomic mass is 10.2. The van der Waals surface area contributed by atoms with E-state index in [0.717, 1.165) is 5.56 Å². The van der Waals surface area contributed by atoms with E-state index in [0.29, 0.717) is 22.2 Å². The zero-order chi connectivity index (χ0) is 21.8. The number of para-hydroxylation sites is 2. The van der Waals surface area contributed by atoms with E-state index in [1.807, 2.05) is 55.5 Å². The molecule has 2 aromatic heterocycles. The molecule has 0 spiro atoms. The topological polar surface area (TPSA) is 93.1 Å². The summed E-state index contributed by atoms with van der Waals surface area (Å²) in [6, 6.07) is 19.9. The Morgan fingerprint density at radius 2 is 2.00 bits per heavy atom.